The van der Waals surface area contributed by atoms with E-state index in [-0.39, 0.29) is 11.3 Å². The minimum atomic E-state index is -3.33. The number of morpholine rings is 1. The molecule has 2 aromatic heterocycles. The minimum absolute atomic E-state index is 0.129. The Morgan fingerprint density at radius 1 is 1.36 bits per heavy atom. The Kier molecular flexibility index (Phi) is 4.77. The SMILES string of the molecule is Cc1sc2c(N3CCOC[C@H]3C)nc(Cl)nc2c1C(C)(C)S(C)(=O)=O. The summed E-state index contributed by atoms with van der Waals surface area (Å²) in [5.41, 5.74) is 1.34. The van der Waals surface area contributed by atoms with Crippen LogP contribution < -0.4 is 4.90 Å². The molecule has 0 aliphatic carbocycles. The second kappa shape index (κ2) is 6.33. The summed E-state index contributed by atoms with van der Waals surface area (Å²) in [7, 11) is -3.33. The highest BCUT2D eigenvalue weighted by Crippen LogP contribution is 2.44. The van der Waals surface area contributed by atoms with Crippen molar-refractivity contribution >= 4 is 48.8 Å². The van der Waals surface area contributed by atoms with Crippen molar-refractivity contribution in [2.45, 2.75) is 38.5 Å². The van der Waals surface area contributed by atoms with E-state index in [0.29, 0.717) is 30.8 Å². The van der Waals surface area contributed by atoms with Crippen LogP contribution >= 0.6 is 22.9 Å². The third-order valence-corrected chi connectivity index (χ3v) is 8.15. The van der Waals surface area contributed by atoms with Gasteiger partial charge in [-0.1, -0.05) is 0 Å². The number of nitrogens with zero attached hydrogens (tertiary/aromatic N) is 3. The van der Waals surface area contributed by atoms with Gasteiger partial charge >= 0.3 is 0 Å². The van der Waals surface area contributed by atoms with Crippen molar-refractivity contribution in [2.75, 3.05) is 30.9 Å². The van der Waals surface area contributed by atoms with Gasteiger partial charge in [0.2, 0.25) is 5.28 Å². The highest BCUT2D eigenvalue weighted by molar-refractivity contribution is 7.91. The van der Waals surface area contributed by atoms with Crippen molar-refractivity contribution in [2.24, 2.45) is 0 Å². The molecule has 138 valence electrons. The summed E-state index contributed by atoms with van der Waals surface area (Å²) >= 11 is 7.73. The summed E-state index contributed by atoms with van der Waals surface area (Å²) < 4.78 is 30.1. The summed E-state index contributed by atoms with van der Waals surface area (Å²) in [5.74, 6) is 0.759. The molecule has 1 fully saturated rings. The first-order chi connectivity index (χ1) is 11.5. The van der Waals surface area contributed by atoms with Gasteiger partial charge in [-0.3, -0.25) is 0 Å². The largest absolute Gasteiger partial charge is 0.377 e. The average molecular weight is 404 g/mol. The third-order valence-electron chi connectivity index (χ3n) is 4.83. The Hall–Kier alpha value is -0.960. The quantitative estimate of drug-likeness (QED) is 0.733. The molecule has 25 heavy (non-hydrogen) atoms. The molecule has 0 N–H and O–H groups in total. The van der Waals surface area contributed by atoms with Gasteiger partial charge in [0.25, 0.3) is 0 Å². The van der Waals surface area contributed by atoms with Gasteiger partial charge in [-0.15, -0.1) is 11.3 Å². The summed E-state index contributed by atoms with van der Waals surface area (Å²) in [6, 6.07) is 0.164. The summed E-state index contributed by atoms with van der Waals surface area (Å²) in [6.45, 7) is 9.38. The van der Waals surface area contributed by atoms with Gasteiger partial charge in [-0.25, -0.2) is 13.4 Å². The molecular weight excluding hydrogens is 382 g/mol. The lowest BCUT2D eigenvalue weighted by Crippen LogP contribution is -2.44. The maximum absolute atomic E-state index is 12.4. The molecule has 1 aliphatic heterocycles. The van der Waals surface area contributed by atoms with Crippen molar-refractivity contribution in [1.82, 2.24) is 9.97 Å². The molecule has 0 aromatic carbocycles. The molecule has 1 aliphatic rings. The molecule has 0 saturated carbocycles. The highest BCUT2D eigenvalue weighted by atomic mass is 35.5. The monoisotopic (exact) mass is 403 g/mol. The number of hydrogen-bond acceptors (Lipinski definition) is 7. The topological polar surface area (TPSA) is 72.4 Å². The van der Waals surface area contributed by atoms with Crippen LogP contribution in [0.2, 0.25) is 5.28 Å². The van der Waals surface area contributed by atoms with Crippen LogP contribution in [0, 0.1) is 6.92 Å². The molecule has 6 nitrogen and oxygen atoms in total. The maximum atomic E-state index is 12.4. The van der Waals surface area contributed by atoms with E-state index in [1.807, 2.05) is 6.92 Å². The molecule has 0 amide bonds. The number of rotatable bonds is 3. The van der Waals surface area contributed by atoms with Gasteiger partial charge in [0.15, 0.2) is 15.7 Å². The Morgan fingerprint density at radius 3 is 2.64 bits per heavy atom. The van der Waals surface area contributed by atoms with Crippen LogP contribution in [0.3, 0.4) is 0 Å². The van der Waals surface area contributed by atoms with Crippen LogP contribution in [-0.2, 0) is 19.3 Å². The van der Waals surface area contributed by atoms with Gasteiger partial charge in [-0.2, -0.15) is 4.98 Å². The predicted molar refractivity (Wildman–Crippen MR) is 103 cm³/mol. The third kappa shape index (κ3) is 3.13. The van der Waals surface area contributed by atoms with Crippen molar-refractivity contribution in [3.8, 4) is 0 Å². The van der Waals surface area contributed by atoms with Crippen LogP contribution in [0.1, 0.15) is 31.2 Å². The van der Waals surface area contributed by atoms with Crippen molar-refractivity contribution < 1.29 is 13.2 Å². The standard InChI is InChI=1S/C16H22ClN3O3S2/c1-9-8-23-7-6-20(9)14-13-12(18-15(17)19-14)11(10(2)24-13)16(3,4)25(5,21)22/h9H,6-8H2,1-5H3/t9-/m1/s1. The van der Waals surface area contributed by atoms with Crippen LogP contribution in [0.15, 0.2) is 0 Å². The fourth-order valence-corrected chi connectivity index (χ4v) is 5.29. The molecule has 0 radical (unpaired) electrons. The zero-order valence-corrected chi connectivity index (χ0v) is 17.3. The zero-order valence-electron chi connectivity index (χ0n) is 15.0. The number of thiophene rings is 1. The number of sulfone groups is 1. The highest BCUT2D eigenvalue weighted by Gasteiger charge is 2.38. The zero-order chi connectivity index (χ0) is 18.6. The molecular formula is C16H22ClN3O3S2. The molecule has 1 saturated heterocycles. The van der Waals surface area contributed by atoms with E-state index in [4.69, 9.17) is 16.3 Å². The molecule has 9 heteroatoms. The molecule has 0 spiro atoms. The predicted octanol–water partition coefficient (Wildman–Crippen LogP) is 3.16. The fourth-order valence-electron chi connectivity index (χ4n) is 3.18. The lowest BCUT2D eigenvalue weighted by molar-refractivity contribution is 0.0987. The lowest BCUT2D eigenvalue weighted by Gasteiger charge is -2.34. The van der Waals surface area contributed by atoms with E-state index in [9.17, 15) is 8.42 Å². The number of hydrogen-bond donors (Lipinski definition) is 0. The van der Waals surface area contributed by atoms with Crippen molar-refractivity contribution in [3.63, 3.8) is 0 Å². The first kappa shape index (κ1) is 18.8. The minimum Gasteiger partial charge on any atom is -0.377 e. The average Bonchev–Trinajstić information content (AvgIpc) is 2.82. The number of halogens is 1. The van der Waals surface area contributed by atoms with Crippen LogP contribution in [0.5, 0.6) is 0 Å². The van der Waals surface area contributed by atoms with E-state index in [1.165, 1.54) is 17.6 Å². The number of ether oxygens (including phenoxy) is 1. The number of aryl methyl sites for hydroxylation is 1. The van der Waals surface area contributed by atoms with Gasteiger partial charge in [0.05, 0.1) is 34.2 Å². The number of fused-ring (bicyclic) bond motifs is 1. The van der Waals surface area contributed by atoms with E-state index in [2.05, 4.69) is 21.8 Å². The van der Waals surface area contributed by atoms with Gasteiger partial charge in [0, 0.05) is 23.2 Å². The van der Waals surface area contributed by atoms with E-state index in [0.717, 1.165) is 15.4 Å². The van der Waals surface area contributed by atoms with Crippen LogP contribution in [-0.4, -0.2) is 50.4 Å². The molecule has 3 rings (SSSR count). The Balaban J connectivity index is 2.29. The number of aromatic nitrogens is 2. The summed E-state index contributed by atoms with van der Waals surface area (Å²) in [5, 5.41) is 0.129. The van der Waals surface area contributed by atoms with Crippen LogP contribution in [0.25, 0.3) is 10.2 Å². The molecule has 0 unspecified atom stereocenters. The lowest BCUT2D eigenvalue weighted by atomic mass is 10.0. The van der Waals surface area contributed by atoms with E-state index < -0.39 is 14.6 Å². The smallest absolute Gasteiger partial charge is 0.224 e. The van der Waals surface area contributed by atoms with Crippen molar-refractivity contribution in [3.05, 3.63) is 15.7 Å². The second-order valence-electron chi connectivity index (χ2n) is 6.93. The first-order valence-electron chi connectivity index (χ1n) is 8.05. The summed E-state index contributed by atoms with van der Waals surface area (Å²) in [4.78, 5) is 11.9. The molecule has 1 atom stereocenters. The Labute approximate surface area is 157 Å². The normalized spacial score (nSPS) is 19.6. The first-order valence-corrected chi connectivity index (χ1v) is 11.1. The maximum Gasteiger partial charge on any atom is 0.224 e. The Morgan fingerprint density at radius 2 is 2.04 bits per heavy atom. The second-order valence-corrected chi connectivity index (χ2v) is 11.1. The fraction of sp³-hybridized carbons (Fsp3) is 0.625. The van der Waals surface area contributed by atoms with Crippen LogP contribution in [0.4, 0.5) is 5.82 Å². The number of anilines is 1. The van der Waals surface area contributed by atoms with E-state index in [1.54, 1.807) is 13.8 Å². The van der Waals surface area contributed by atoms with Gasteiger partial charge in [0.1, 0.15) is 0 Å². The van der Waals surface area contributed by atoms with Gasteiger partial charge in [-0.05, 0) is 39.3 Å². The summed E-state index contributed by atoms with van der Waals surface area (Å²) in [6.07, 6.45) is 1.25. The molecule has 2 aromatic rings. The van der Waals surface area contributed by atoms with Crippen molar-refractivity contribution in [1.29, 1.82) is 0 Å². The van der Waals surface area contributed by atoms with Gasteiger partial charge < -0.3 is 9.64 Å². The molecule has 0 bridgehead atoms. The molecule has 3 heterocycles. The van der Waals surface area contributed by atoms with E-state index >= 15 is 0 Å². The Bertz CT molecular complexity index is 924.